The van der Waals surface area contributed by atoms with Gasteiger partial charge in [0.05, 0.1) is 6.10 Å². The van der Waals surface area contributed by atoms with Crippen LogP contribution in [0.25, 0.3) is 0 Å². The van der Waals surface area contributed by atoms with Crippen molar-refractivity contribution >= 4 is 5.97 Å². The maximum Gasteiger partial charge on any atom is 0.169 e. The van der Waals surface area contributed by atoms with Gasteiger partial charge in [-0.25, -0.2) is 0 Å². The number of ether oxygens (including phenoxy) is 1. The summed E-state index contributed by atoms with van der Waals surface area (Å²) in [5, 5.41) is 9.00. The van der Waals surface area contributed by atoms with Crippen molar-refractivity contribution in [1.29, 1.82) is 0 Å². The molecule has 0 aliphatic carbocycles. The first-order valence-corrected chi connectivity index (χ1v) is 3.73. The van der Waals surface area contributed by atoms with Gasteiger partial charge in [-0.3, -0.25) is 10.7 Å². The van der Waals surface area contributed by atoms with Crippen LogP contribution in [0, 0.1) is 5.92 Å². The summed E-state index contributed by atoms with van der Waals surface area (Å²) in [4.78, 5) is 10.8. The number of hydrogen-bond acceptors (Lipinski definition) is 3. The van der Waals surface area contributed by atoms with E-state index in [2.05, 4.69) is 0 Å². The quantitative estimate of drug-likeness (QED) is 0.613. The molecular weight excluding hydrogens is 322 g/mol. The molecule has 2 radical (unpaired) electrons. The van der Waals surface area contributed by atoms with E-state index < -0.39 is 6.10 Å². The van der Waals surface area contributed by atoms with E-state index in [9.17, 15) is 4.79 Å². The molecule has 1 N–H and O–H groups in total. The summed E-state index contributed by atoms with van der Waals surface area (Å²) in [6, 6.07) is 0. The zero-order valence-corrected chi connectivity index (χ0v) is 14.1. The van der Waals surface area contributed by atoms with Crippen molar-refractivity contribution in [2.75, 3.05) is 6.61 Å². The molecular formula is C8H15O3Y2-. The largest absolute Gasteiger partial charge is 0.485 e. The van der Waals surface area contributed by atoms with Crippen LogP contribution < -0.4 is 0 Å². The van der Waals surface area contributed by atoms with Crippen LogP contribution >= 0.6 is 0 Å². The van der Waals surface area contributed by atoms with Crippen LogP contribution in [0.5, 0.6) is 0 Å². The van der Waals surface area contributed by atoms with E-state index in [-0.39, 0.29) is 78.0 Å². The zero-order chi connectivity index (χ0) is 8.85. The molecule has 0 saturated carbocycles. The Bertz CT molecular complexity index is 129. The third-order valence-corrected chi connectivity index (χ3v) is 1.29. The Morgan fingerprint density at radius 1 is 1.46 bits per heavy atom. The molecule has 0 fully saturated rings. The predicted molar refractivity (Wildman–Crippen MR) is 41.8 cm³/mol. The Labute approximate surface area is 130 Å². The molecule has 0 aliphatic rings. The van der Waals surface area contributed by atoms with Crippen LogP contribution in [0.2, 0.25) is 0 Å². The normalized spacial score (nSPS) is 10.5. The fourth-order valence-electron chi connectivity index (χ4n) is 0.434. The second-order valence-electron chi connectivity index (χ2n) is 2.66. The fourth-order valence-corrected chi connectivity index (χ4v) is 0.434. The van der Waals surface area contributed by atoms with Crippen molar-refractivity contribution < 1.29 is 80.1 Å². The molecule has 0 aliphatic heterocycles. The van der Waals surface area contributed by atoms with E-state index in [1.165, 1.54) is 0 Å². The second kappa shape index (κ2) is 11.6. The molecule has 1 unspecified atom stereocenters. The summed E-state index contributed by atoms with van der Waals surface area (Å²) in [6.45, 7) is 5.29. The van der Waals surface area contributed by atoms with Gasteiger partial charge in [-0.2, -0.15) is 13.8 Å². The minimum Gasteiger partial charge on any atom is -0.485 e. The minimum atomic E-state index is -0.529. The number of aliphatic hydroxyl groups is 1. The van der Waals surface area contributed by atoms with Crippen molar-refractivity contribution in [2.45, 2.75) is 33.3 Å². The molecule has 13 heavy (non-hydrogen) atoms. The van der Waals surface area contributed by atoms with E-state index in [1.807, 2.05) is 6.92 Å². The molecule has 0 amide bonds. The van der Waals surface area contributed by atoms with Gasteiger partial charge in [-0.1, -0.05) is 6.92 Å². The molecule has 0 aromatic heterocycles. The Morgan fingerprint density at radius 3 is 2.23 bits per heavy atom. The third kappa shape index (κ3) is 11.4. The van der Waals surface area contributed by atoms with Gasteiger partial charge in [0.1, 0.15) is 6.61 Å². The van der Waals surface area contributed by atoms with Crippen LogP contribution in [0.1, 0.15) is 27.2 Å². The summed E-state index contributed by atoms with van der Waals surface area (Å²) in [5.41, 5.74) is 0. The fraction of sp³-hybridized carbons (Fsp3) is 0.750. The molecule has 3 nitrogen and oxygen atoms in total. The van der Waals surface area contributed by atoms with Crippen LogP contribution in [0.15, 0.2) is 0 Å². The van der Waals surface area contributed by atoms with Gasteiger partial charge in [0.25, 0.3) is 0 Å². The van der Waals surface area contributed by atoms with Crippen molar-refractivity contribution in [1.82, 2.24) is 0 Å². The molecule has 0 heterocycles. The van der Waals surface area contributed by atoms with Crippen LogP contribution in [0.3, 0.4) is 0 Å². The topological polar surface area (TPSA) is 46.5 Å². The zero-order valence-electron chi connectivity index (χ0n) is 8.41. The Balaban J connectivity index is -0.000000500. The molecule has 0 bridgehead atoms. The minimum absolute atomic E-state index is 0. The molecule has 1 atom stereocenters. The number of carbonyl (C=O) groups excluding carboxylic acids is 1. The summed E-state index contributed by atoms with van der Waals surface area (Å²) in [7, 11) is 0. The predicted octanol–water partition coefficient (Wildman–Crippen LogP) is 0.910. The average molecular weight is 337 g/mol. The van der Waals surface area contributed by atoms with Gasteiger partial charge in [0, 0.05) is 65.4 Å². The van der Waals surface area contributed by atoms with Crippen LogP contribution in [-0.4, -0.2) is 23.8 Å². The summed E-state index contributed by atoms with van der Waals surface area (Å²) >= 11 is 0. The maximum absolute atomic E-state index is 10.8. The maximum atomic E-state index is 10.8. The van der Waals surface area contributed by atoms with Gasteiger partial charge in [-0.15, -0.1) is 0 Å². The summed E-state index contributed by atoms with van der Waals surface area (Å²) in [6.07, 6.45) is 0.0778. The van der Waals surface area contributed by atoms with E-state index in [4.69, 9.17) is 9.84 Å². The van der Waals surface area contributed by atoms with Crippen molar-refractivity contribution in [3.8, 4) is 0 Å². The first-order valence-electron chi connectivity index (χ1n) is 3.73. The van der Waals surface area contributed by atoms with E-state index >= 15 is 0 Å². The first kappa shape index (κ1) is 20.0. The molecule has 5 heteroatoms. The molecule has 72 valence electrons. The van der Waals surface area contributed by atoms with E-state index in [1.54, 1.807) is 13.8 Å². The molecule has 0 aromatic carbocycles. The molecule has 0 saturated heterocycles. The van der Waals surface area contributed by atoms with Crippen LogP contribution in [-0.2, 0) is 74.9 Å². The smallest absolute Gasteiger partial charge is 0.169 e. The Morgan fingerprint density at radius 2 is 1.92 bits per heavy atom. The van der Waals surface area contributed by atoms with E-state index in [0.29, 0.717) is 12.3 Å². The van der Waals surface area contributed by atoms with Gasteiger partial charge >= 0.3 is 0 Å². The average Bonchev–Trinajstić information content (AvgIpc) is 1.99. The standard InChI is InChI=1S/C8H15O3.2Y/c1-4-7(9)5-11-8(10)6(2)3;;/h7,9H,4-5H2,1-3H3;;/q-1;;. The number of aliphatic hydroxyl groups excluding tert-OH is 1. The van der Waals surface area contributed by atoms with Crippen molar-refractivity contribution in [3.05, 3.63) is 5.92 Å². The second-order valence-corrected chi connectivity index (χ2v) is 2.66. The summed E-state index contributed by atoms with van der Waals surface area (Å²) < 4.78 is 4.73. The SMILES string of the molecule is CCC(O)COC(=O)[C-](C)C.[Y].[Y]. The number of esters is 1. The van der Waals surface area contributed by atoms with Crippen molar-refractivity contribution in [3.63, 3.8) is 0 Å². The number of carbonyl (C=O) groups is 1. The third-order valence-electron chi connectivity index (χ3n) is 1.29. The molecule has 0 aromatic rings. The Kier molecular flexibility index (Phi) is 17.8. The van der Waals surface area contributed by atoms with Gasteiger partial charge < -0.3 is 9.84 Å². The summed E-state index contributed by atoms with van der Waals surface area (Å²) in [5.74, 6) is 0.269. The van der Waals surface area contributed by atoms with E-state index in [0.717, 1.165) is 0 Å². The Hall–Kier alpha value is 1.51. The van der Waals surface area contributed by atoms with Crippen molar-refractivity contribution in [2.24, 2.45) is 0 Å². The van der Waals surface area contributed by atoms with Gasteiger partial charge in [0.2, 0.25) is 0 Å². The van der Waals surface area contributed by atoms with Gasteiger partial charge in [0.15, 0.2) is 5.97 Å². The molecule has 0 spiro atoms. The van der Waals surface area contributed by atoms with Gasteiger partial charge in [-0.05, 0) is 6.42 Å². The number of hydrogen-bond donors (Lipinski definition) is 1. The first-order chi connectivity index (χ1) is 5.07. The monoisotopic (exact) mass is 337 g/mol. The molecule has 0 rings (SSSR count). The van der Waals surface area contributed by atoms with Crippen LogP contribution in [0.4, 0.5) is 0 Å². The number of rotatable bonds is 4.